The number of nitrogens with zero attached hydrogens (tertiary/aromatic N) is 1. The molecule has 2 fully saturated rings. The lowest BCUT2D eigenvalue weighted by molar-refractivity contribution is -0.0493. The van der Waals surface area contributed by atoms with Gasteiger partial charge in [-0.3, -0.25) is 4.90 Å². The molecule has 0 amide bonds. The number of piperidine rings is 1. The van der Waals surface area contributed by atoms with Crippen LogP contribution in [0.4, 0.5) is 8.78 Å². The van der Waals surface area contributed by atoms with Crippen molar-refractivity contribution < 1.29 is 13.5 Å². The van der Waals surface area contributed by atoms with Crippen molar-refractivity contribution in [2.75, 3.05) is 6.54 Å². The zero-order valence-corrected chi connectivity index (χ0v) is 19.7. The number of hydrogen-bond acceptors (Lipinski definition) is 2. The van der Waals surface area contributed by atoms with Gasteiger partial charge in [0.15, 0.2) is 0 Å². The zero-order valence-electron chi connectivity index (χ0n) is 19.7. The van der Waals surface area contributed by atoms with Crippen LogP contribution in [0, 0.1) is 11.6 Å². The van der Waals surface area contributed by atoms with Crippen LogP contribution in [0.15, 0.2) is 78.9 Å². The van der Waals surface area contributed by atoms with Gasteiger partial charge in [-0.05, 0) is 79.0 Å². The molecule has 0 aromatic heterocycles. The Kier molecular flexibility index (Phi) is 7.07. The summed E-state index contributed by atoms with van der Waals surface area (Å²) < 4.78 is 33.9. The second-order valence-electron chi connectivity index (χ2n) is 9.81. The van der Waals surface area contributed by atoms with Crippen molar-refractivity contribution in [3.63, 3.8) is 0 Å². The molecule has 0 aliphatic carbocycles. The van der Waals surface area contributed by atoms with E-state index in [9.17, 15) is 8.78 Å². The number of fused-ring (bicyclic) bond motifs is 2. The van der Waals surface area contributed by atoms with Crippen molar-refractivity contribution >= 4 is 0 Å². The SMILES string of the molecule is CC[C@@H](CN1C2CCC1CC(OC(c1ccc(F)cc1)c1ccc(F)cc1)C2)c1ccccc1. The molecule has 2 unspecified atom stereocenters. The average Bonchev–Trinajstić information content (AvgIpc) is 3.09. The number of halogens is 2. The number of benzene rings is 3. The summed E-state index contributed by atoms with van der Waals surface area (Å²) in [5.74, 6) is 0.0154. The summed E-state index contributed by atoms with van der Waals surface area (Å²) in [7, 11) is 0. The molecule has 178 valence electrons. The molecule has 2 saturated heterocycles. The third-order valence-corrected chi connectivity index (χ3v) is 7.71. The largest absolute Gasteiger partial charge is 0.365 e. The Morgan fingerprint density at radius 3 is 1.79 bits per heavy atom. The van der Waals surface area contributed by atoms with Gasteiger partial charge in [-0.15, -0.1) is 0 Å². The van der Waals surface area contributed by atoms with Gasteiger partial charge in [0.2, 0.25) is 0 Å². The first-order valence-electron chi connectivity index (χ1n) is 12.6. The van der Waals surface area contributed by atoms with Crippen LogP contribution < -0.4 is 0 Å². The second kappa shape index (κ2) is 10.4. The van der Waals surface area contributed by atoms with Gasteiger partial charge >= 0.3 is 0 Å². The smallest absolute Gasteiger partial charge is 0.123 e. The lowest BCUT2D eigenvalue weighted by Crippen LogP contribution is -2.47. The average molecular weight is 462 g/mol. The van der Waals surface area contributed by atoms with E-state index < -0.39 is 0 Å². The molecular formula is C30H33F2NO. The molecule has 2 bridgehead atoms. The highest BCUT2D eigenvalue weighted by atomic mass is 19.1. The minimum atomic E-state index is -0.329. The molecule has 3 aromatic carbocycles. The van der Waals surface area contributed by atoms with Gasteiger partial charge in [0.05, 0.1) is 6.10 Å². The van der Waals surface area contributed by atoms with Crippen LogP contribution in [0.3, 0.4) is 0 Å². The van der Waals surface area contributed by atoms with Gasteiger partial charge in [0.1, 0.15) is 17.7 Å². The minimum Gasteiger partial charge on any atom is -0.365 e. The van der Waals surface area contributed by atoms with Crippen LogP contribution >= 0.6 is 0 Å². The maximum atomic E-state index is 13.6. The van der Waals surface area contributed by atoms with Gasteiger partial charge < -0.3 is 4.74 Å². The van der Waals surface area contributed by atoms with Gasteiger partial charge in [0, 0.05) is 18.6 Å². The predicted octanol–water partition coefficient (Wildman–Crippen LogP) is 7.26. The highest BCUT2D eigenvalue weighted by molar-refractivity contribution is 5.31. The van der Waals surface area contributed by atoms with Gasteiger partial charge in [0.25, 0.3) is 0 Å². The minimum absolute atomic E-state index is 0.130. The summed E-state index contributed by atoms with van der Waals surface area (Å²) in [5, 5.41) is 0. The number of hydrogen-bond donors (Lipinski definition) is 0. The molecule has 4 heteroatoms. The quantitative estimate of drug-likeness (QED) is 0.350. The Morgan fingerprint density at radius 2 is 1.29 bits per heavy atom. The van der Waals surface area contributed by atoms with Crippen molar-refractivity contribution in [2.24, 2.45) is 0 Å². The monoisotopic (exact) mass is 461 g/mol. The standard InChI is InChI=1S/C30H33F2NO/c1-2-21(22-6-4-3-5-7-22)20-33-27-16-17-28(33)19-29(18-27)34-30(23-8-12-25(31)13-9-23)24-10-14-26(32)15-11-24/h3-15,21,27-30H,2,16-20H2,1H3/t21-,27?,28?,29?/m0/s1. The Hall–Kier alpha value is -2.56. The van der Waals surface area contributed by atoms with Crippen molar-refractivity contribution in [3.8, 4) is 0 Å². The van der Waals surface area contributed by atoms with E-state index in [1.807, 2.05) is 0 Å². The summed E-state index contributed by atoms with van der Waals surface area (Å²) in [6.45, 7) is 3.38. The van der Waals surface area contributed by atoms with Gasteiger partial charge in [-0.1, -0.05) is 61.5 Å². The van der Waals surface area contributed by atoms with Crippen LogP contribution in [-0.4, -0.2) is 29.6 Å². The van der Waals surface area contributed by atoms with Crippen LogP contribution in [0.1, 0.15) is 67.7 Å². The Balaban J connectivity index is 1.31. The molecule has 3 atom stereocenters. The highest BCUT2D eigenvalue weighted by Gasteiger charge is 2.42. The molecule has 3 aromatic rings. The first-order valence-corrected chi connectivity index (χ1v) is 12.6. The van der Waals surface area contributed by atoms with E-state index >= 15 is 0 Å². The van der Waals surface area contributed by atoms with E-state index in [0.717, 1.165) is 36.9 Å². The summed E-state index contributed by atoms with van der Waals surface area (Å²) in [5.41, 5.74) is 3.23. The van der Waals surface area contributed by atoms with Crippen LogP contribution in [0.25, 0.3) is 0 Å². The van der Waals surface area contributed by atoms with E-state index in [0.29, 0.717) is 18.0 Å². The summed E-state index contributed by atoms with van der Waals surface area (Å²) in [6.07, 6.45) is 5.37. The molecule has 5 rings (SSSR count). The lowest BCUT2D eigenvalue weighted by Gasteiger charge is -2.41. The van der Waals surface area contributed by atoms with E-state index in [4.69, 9.17) is 4.74 Å². The molecule has 2 aliphatic rings. The third-order valence-electron chi connectivity index (χ3n) is 7.71. The second-order valence-corrected chi connectivity index (χ2v) is 9.81. The van der Waals surface area contributed by atoms with Crippen molar-refractivity contribution in [2.45, 2.75) is 69.2 Å². The Bertz CT molecular complexity index is 994. The van der Waals surface area contributed by atoms with Crippen LogP contribution in [0.5, 0.6) is 0 Å². The zero-order chi connectivity index (χ0) is 23.5. The Labute approximate surface area is 201 Å². The molecule has 2 aliphatic heterocycles. The van der Waals surface area contributed by atoms with Crippen LogP contribution in [0.2, 0.25) is 0 Å². The summed E-state index contributed by atoms with van der Waals surface area (Å²) in [4.78, 5) is 2.73. The van der Waals surface area contributed by atoms with Crippen molar-refractivity contribution in [1.29, 1.82) is 0 Å². The van der Waals surface area contributed by atoms with Crippen molar-refractivity contribution in [3.05, 3.63) is 107 Å². The normalized spacial score (nSPS) is 23.4. The van der Waals surface area contributed by atoms with E-state index in [1.165, 1.54) is 42.7 Å². The topological polar surface area (TPSA) is 12.5 Å². The fourth-order valence-corrected chi connectivity index (χ4v) is 5.90. The molecule has 0 N–H and O–H groups in total. The molecular weight excluding hydrogens is 428 g/mol. The third kappa shape index (κ3) is 5.08. The fraction of sp³-hybridized carbons (Fsp3) is 0.400. The van der Waals surface area contributed by atoms with Gasteiger partial charge in [-0.25, -0.2) is 8.78 Å². The molecule has 2 heterocycles. The maximum Gasteiger partial charge on any atom is 0.123 e. The summed E-state index contributed by atoms with van der Waals surface area (Å²) in [6, 6.07) is 24.9. The van der Waals surface area contributed by atoms with E-state index in [2.05, 4.69) is 42.2 Å². The van der Waals surface area contributed by atoms with Crippen molar-refractivity contribution in [1.82, 2.24) is 4.90 Å². The molecule has 2 nitrogen and oxygen atoms in total. The lowest BCUT2D eigenvalue weighted by atomic mass is 9.92. The van der Waals surface area contributed by atoms with E-state index in [-0.39, 0.29) is 23.8 Å². The highest BCUT2D eigenvalue weighted by Crippen LogP contribution is 2.41. The molecule has 0 spiro atoms. The van der Waals surface area contributed by atoms with Crippen LogP contribution in [-0.2, 0) is 4.74 Å². The predicted molar refractivity (Wildman–Crippen MR) is 132 cm³/mol. The molecule has 0 radical (unpaired) electrons. The fourth-order valence-electron chi connectivity index (χ4n) is 5.90. The summed E-state index contributed by atoms with van der Waals surface area (Å²) >= 11 is 0. The molecule has 34 heavy (non-hydrogen) atoms. The maximum absolute atomic E-state index is 13.6. The number of ether oxygens (including phenoxy) is 1. The first-order chi connectivity index (χ1) is 16.6. The van der Waals surface area contributed by atoms with E-state index in [1.54, 1.807) is 24.3 Å². The molecule has 0 saturated carbocycles. The Morgan fingerprint density at radius 1 is 0.765 bits per heavy atom. The van der Waals surface area contributed by atoms with Gasteiger partial charge in [-0.2, -0.15) is 0 Å². The first kappa shape index (κ1) is 23.2. The number of rotatable bonds is 8.